The Kier molecular flexibility index (Phi) is 8.14. The van der Waals surface area contributed by atoms with E-state index in [-0.39, 0.29) is 0 Å². The molecule has 0 bridgehead atoms. The van der Waals surface area contributed by atoms with Gasteiger partial charge in [-0.05, 0) is 32.4 Å². The van der Waals surface area contributed by atoms with E-state index in [1.807, 2.05) is 0 Å². The quantitative estimate of drug-likeness (QED) is 0.447. The fourth-order valence-electron chi connectivity index (χ4n) is 2.13. The highest BCUT2D eigenvalue weighted by Crippen LogP contribution is 2.16. The molecular formula is C14H30O3Si. The van der Waals surface area contributed by atoms with Crippen LogP contribution in [0.3, 0.4) is 0 Å². The molecule has 0 radical (unpaired) electrons. The van der Waals surface area contributed by atoms with Gasteiger partial charge in [0.1, 0.15) is 0 Å². The predicted molar refractivity (Wildman–Crippen MR) is 77.1 cm³/mol. The molecule has 1 atom stereocenters. The summed E-state index contributed by atoms with van der Waals surface area (Å²) in [7, 11) is -1.92. The van der Waals surface area contributed by atoms with Crippen molar-refractivity contribution in [2.75, 3.05) is 19.8 Å². The van der Waals surface area contributed by atoms with Crippen molar-refractivity contribution in [3.63, 3.8) is 0 Å². The van der Waals surface area contributed by atoms with Gasteiger partial charge in [-0.3, -0.25) is 0 Å². The van der Waals surface area contributed by atoms with Crippen LogP contribution in [0.5, 0.6) is 0 Å². The lowest BCUT2D eigenvalue weighted by Gasteiger charge is -2.24. The molecule has 3 nitrogen and oxygen atoms in total. The van der Waals surface area contributed by atoms with Crippen molar-refractivity contribution >= 4 is 8.56 Å². The third-order valence-corrected chi connectivity index (χ3v) is 5.10. The van der Waals surface area contributed by atoms with E-state index in [1.165, 1.54) is 38.5 Å². The van der Waals surface area contributed by atoms with Crippen LogP contribution in [0.1, 0.15) is 51.9 Å². The molecule has 0 spiro atoms. The van der Waals surface area contributed by atoms with Gasteiger partial charge in [0, 0.05) is 13.2 Å². The zero-order valence-electron chi connectivity index (χ0n) is 12.4. The molecule has 4 heteroatoms. The molecule has 108 valence electrons. The second kappa shape index (κ2) is 9.07. The Morgan fingerprint density at radius 1 is 1.11 bits per heavy atom. The summed E-state index contributed by atoms with van der Waals surface area (Å²) in [6, 6.07) is 0. The number of ether oxygens (including phenoxy) is 1. The lowest BCUT2D eigenvalue weighted by molar-refractivity contribution is 0.0504. The summed E-state index contributed by atoms with van der Waals surface area (Å²) < 4.78 is 17.4. The van der Waals surface area contributed by atoms with Crippen LogP contribution in [-0.2, 0) is 13.6 Å². The minimum Gasteiger partial charge on any atom is -0.395 e. The maximum absolute atomic E-state index is 5.93. The van der Waals surface area contributed by atoms with Crippen LogP contribution in [0, 0.1) is 0 Å². The normalized spacial score (nSPS) is 20.5. The molecule has 18 heavy (non-hydrogen) atoms. The highest BCUT2D eigenvalue weighted by molar-refractivity contribution is 6.64. The summed E-state index contributed by atoms with van der Waals surface area (Å²) in [5.74, 6) is 0. The molecule has 1 rings (SSSR count). The van der Waals surface area contributed by atoms with Gasteiger partial charge in [0.2, 0.25) is 0 Å². The number of hydrogen-bond donors (Lipinski definition) is 0. The van der Waals surface area contributed by atoms with Gasteiger partial charge in [-0.2, -0.15) is 0 Å². The van der Waals surface area contributed by atoms with Crippen molar-refractivity contribution in [3.8, 4) is 0 Å². The van der Waals surface area contributed by atoms with E-state index in [9.17, 15) is 0 Å². The first-order valence-corrected chi connectivity index (χ1v) is 10.4. The van der Waals surface area contributed by atoms with Gasteiger partial charge in [-0.15, -0.1) is 0 Å². The second-order valence-electron chi connectivity index (χ2n) is 5.61. The van der Waals surface area contributed by atoms with Crippen molar-refractivity contribution in [2.24, 2.45) is 0 Å². The second-order valence-corrected chi connectivity index (χ2v) is 8.99. The van der Waals surface area contributed by atoms with E-state index in [0.29, 0.717) is 6.10 Å². The van der Waals surface area contributed by atoms with E-state index in [2.05, 4.69) is 20.0 Å². The molecule has 1 aliphatic rings. The van der Waals surface area contributed by atoms with Crippen LogP contribution in [-0.4, -0.2) is 34.5 Å². The van der Waals surface area contributed by atoms with Crippen molar-refractivity contribution in [3.05, 3.63) is 0 Å². The topological polar surface area (TPSA) is 27.7 Å². The molecule has 1 saturated heterocycles. The van der Waals surface area contributed by atoms with E-state index in [1.54, 1.807) is 0 Å². The van der Waals surface area contributed by atoms with E-state index < -0.39 is 8.56 Å². The third kappa shape index (κ3) is 7.51. The Balaban J connectivity index is 1.99. The molecule has 0 aromatic carbocycles. The Morgan fingerprint density at radius 3 is 2.56 bits per heavy atom. The molecule has 0 N–H and O–H groups in total. The first-order valence-electron chi connectivity index (χ1n) is 7.53. The summed E-state index contributed by atoms with van der Waals surface area (Å²) >= 11 is 0. The zero-order valence-corrected chi connectivity index (χ0v) is 13.4. The van der Waals surface area contributed by atoms with Gasteiger partial charge in [0.15, 0.2) is 0 Å². The first kappa shape index (κ1) is 16.2. The monoisotopic (exact) mass is 274 g/mol. The van der Waals surface area contributed by atoms with E-state index in [0.717, 1.165) is 26.2 Å². The third-order valence-electron chi connectivity index (χ3n) is 3.34. The van der Waals surface area contributed by atoms with Crippen molar-refractivity contribution in [2.45, 2.75) is 71.1 Å². The predicted octanol–water partition coefficient (Wildman–Crippen LogP) is 3.87. The molecule has 0 aromatic rings. The lowest BCUT2D eigenvalue weighted by Crippen LogP contribution is -2.37. The van der Waals surface area contributed by atoms with Crippen LogP contribution >= 0.6 is 0 Å². The van der Waals surface area contributed by atoms with Gasteiger partial charge >= 0.3 is 8.56 Å². The summed E-state index contributed by atoms with van der Waals surface area (Å²) in [4.78, 5) is 0. The Bertz CT molecular complexity index is 203. The Hall–Kier alpha value is 0.0969. The number of unbranched alkanes of at least 4 members (excludes halogenated alkanes) is 4. The Labute approximate surface area is 113 Å². The zero-order chi connectivity index (χ0) is 13.3. The summed E-state index contributed by atoms with van der Waals surface area (Å²) in [6.07, 6.45) is 9.05. The molecule has 1 unspecified atom stereocenters. The van der Waals surface area contributed by atoms with E-state index >= 15 is 0 Å². The highest BCUT2D eigenvalue weighted by Gasteiger charge is 2.27. The molecule has 0 amide bonds. The standard InChI is InChI=1S/C14H30O3Si/c1-4-5-6-7-8-12-16-18(2,3)17-13-14-10-9-11-15-14/h14H,4-13H2,1-3H3. The molecule has 1 aliphatic heterocycles. The molecule has 0 aliphatic carbocycles. The average Bonchev–Trinajstić information content (AvgIpc) is 2.84. The van der Waals surface area contributed by atoms with Crippen LogP contribution in [0.25, 0.3) is 0 Å². The molecular weight excluding hydrogens is 244 g/mol. The van der Waals surface area contributed by atoms with Crippen LogP contribution in [0.2, 0.25) is 13.1 Å². The first-order chi connectivity index (χ1) is 8.64. The number of hydrogen-bond acceptors (Lipinski definition) is 3. The van der Waals surface area contributed by atoms with Crippen LogP contribution in [0.15, 0.2) is 0 Å². The minimum atomic E-state index is -1.92. The summed E-state index contributed by atoms with van der Waals surface area (Å²) in [6.45, 7) is 8.98. The lowest BCUT2D eigenvalue weighted by atomic mass is 10.2. The maximum Gasteiger partial charge on any atom is 0.331 e. The molecule has 0 aromatic heterocycles. The largest absolute Gasteiger partial charge is 0.395 e. The van der Waals surface area contributed by atoms with Gasteiger partial charge in [0.25, 0.3) is 0 Å². The van der Waals surface area contributed by atoms with Gasteiger partial charge in [-0.25, -0.2) is 0 Å². The summed E-state index contributed by atoms with van der Waals surface area (Å²) in [5, 5.41) is 0. The molecule has 1 fully saturated rings. The summed E-state index contributed by atoms with van der Waals surface area (Å²) in [5.41, 5.74) is 0. The highest BCUT2D eigenvalue weighted by atomic mass is 28.4. The fourth-order valence-corrected chi connectivity index (χ4v) is 3.44. The molecule has 1 heterocycles. The SMILES string of the molecule is CCCCCCCO[Si](C)(C)OCC1CCCO1. The average molecular weight is 274 g/mol. The number of rotatable bonds is 10. The smallest absolute Gasteiger partial charge is 0.331 e. The van der Waals surface area contributed by atoms with Gasteiger partial charge in [0.05, 0.1) is 12.7 Å². The van der Waals surface area contributed by atoms with Crippen molar-refractivity contribution in [1.29, 1.82) is 0 Å². The Morgan fingerprint density at radius 2 is 1.89 bits per heavy atom. The molecule has 0 saturated carbocycles. The minimum absolute atomic E-state index is 0.310. The van der Waals surface area contributed by atoms with Crippen molar-refractivity contribution < 1.29 is 13.6 Å². The maximum atomic E-state index is 5.93. The van der Waals surface area contributed by atoms with Crippen LogP contribution < -0.4 is 0 Å². The fraction of sp³-hybridized carbons (Fsp3) is 1.00. The van der Waals surface area contributed by atoms with Crippen LogP contribution in [0.4, 0.5) is 0 Å². The van der Waals surface area contributed by atoms with Gasteiger partial charge in [-0.1, -0.05) is 32.6 Å². The van der Waals surface area contributed by atoms with E-state index in [4.69, 9.17) is 13.6 Å². The van der Waals surface area contributed by atoms with Crippen molar-refractivity contribution in [1.82, 2.24) is 0 Å². The van der Waals surface area contributed by atoms with Gasteiger partial charge < -0.3 is 13.6 Å².